The predicted molar refractivity (Wildman–Crippen MR) is 89.1 cm³/mol. The summed E-state index contributed by atoms with van der Waals surface area (Å²) in [5, 5.41) is 4.71. The van der Waals surface area contributed by atoms with Gasteiger partial charge in [0.15, 0.2) is 0 Å². The van der Waals surface area contributed by atoms with E-state index in [0.717, 1.165) is 40.4 Å². The zero-order chi connectivity index (χ0) is 15.6. The maximum absolute atomic E-state index is 11.9. The van der Waals surface area contributed by atoms with E-state index in [2.05, 4.69) is 15.3 Å². The van der Waals surface area contributed by atoms with Crippen LogP contribution in [0.4, 0.5) is 5.69 Å². The summed E-state index contributed by atoms with van der Waals surface area (Å²) >= 11 is 0. The lowest BCUT2D eigenvalue weighted by Crippen LogP contribution is -2.51. The van der Waals surface area contributed by atoms with Crippen LogP contribution in [0.2, 0.25) is 0 Å². The molecule has 4 aliphatic carbocycles. The molecule has 2 aromatic rings. The average Bonchev–Trinajstić information content (AvgIpc) is 2.98. The average molecular weight is 310 g/mol. The van der Waals surface area contributed by atoms with Crippen LogP contribution in [0.3, 0.4) is 0 Å². The van der Waals surface area contributed by atoms with Gasteiger partial charge in [-0.05, 0) is 61.8 Å². The summed E-state index contributed by atoms with van der Waals surface area (Å²) < 4.78 is 0. The monoisotopic (exact) mass is 310 g/mol. The lowest BCUT2D eigenvalue weighted by atomic mass is 9.54. The highest BCUT2D eigenvalue weighted by Crippen LogP contribution is 2.54. The molecule has 2 aromatic heterocycles. The molecule has 0 aromatic carbocycles. The fraction of sp³-hybridized carbons (Fsp3) is 0.556. The molecular weight excluding hydrogens is 288 g/mol. The molecule has 4 aliphatic rings. The third-order valence-corrected chi connectivity index (χ3v) is 6.39. The lowest BCUT2D eigenvalue weighted by Gasteiger charge is -2.54. The molecule has 4 saturated carbocycles. The van der Waals surface area contributed by atoms with E-state index in [9.17, 15) is 4.79 Å². The molecule has 0 unspecified atom stereocenters. The predicted octanol–water partition coefficient (Wildman–Crippen LogP) is 2.90. The van der Waals surface area contributed by atoms with Crippen molar-refractivity contribution in [2.24, 2.45) is 29.4 Å². The zero-order valence-corrected chi connectivity index (χ0v) is 13.1. The SMILES string of the molecule is NC(=O)c1cnc2[nH]ccc2c1NC1[C@H]2CC3C[C@H](C2)C[C@H]1C3. The first-order valence-electron chi connectivity index (χ1n) is 8.71. The Morgan fingerprint density at radius 3 is 2.52 bits per heavy atom. The Morgan fingerprint density at radius 2 is 1.87 bits per heavy atom. The first kappa shape index (κ1) is 13.4. The highest BCUT2D eigenvalue weighted by molar-refractivity contribution is 6.06. The smallest absolute Gasteiger partial charge is 0.252 e. The van der Waals surface area contributed by atoms with Gasteiger partial charge in [-0.25, -0.2) is 4.98 Å². The standard InChI is InChI=1S/C18H22N4O/c19-17(23)14-8-21-18-13(1-2-20-18)16(14)22-15-11-4-9-3-10(6-11)7-12(15)5-9/h1-2,8-12,15H,3-7H2,(H2,19,23)(H2,20,21,22)/t9-,10?,11-,12+,15?. The van der Waals surface area contributed by atoms with Gasteiger partial charge in [0.2, 0.25) is 0 Å². The van der Waals surface area contributed by atoms with Gasteiger partial charge < -0.3 is 16.0 Å². The fourth-order valence-electron chi connectivity index (χ4n) is 5.68. The number of primary amides is 1. The number of nitrogens with zero attached hydrogens (tertiary/aromatic N) is 1. The van der Waals surface area contributed by atoms with Gasteiger partial charge in [-0.1, -0.05) is 0 Å². The molecule has 5 heteroatoms. The number of carbonyl (C=O) groups is 1. The quantitative estimate of drug-likeness (QED) is 0.815. The molecule has 0 saturated heterocycles. The molecule has 0 spiro atoms. The summed E-state index contributed by atoms with van der Waals surface area (Å²) in [4.78, 5) is 19.3. The van der Waals surface area contributed by atoms with E-state index < -0.39 is 5.91 Å². The molecular formula is C18H22N4O. The zero-order valence-electron chi connectivity index (χ0n) is 13.1. The van der Waals surface area contributed by atoms with Crippen molar-refractivity contribution in [1.82, 2.24) is 9.97 Å². The second kappa shape index (κ2) is 4.73. The molecule has 4 N–H and O–H groups in total. The number of hydrogen-bond acceptors (Lipinski definition) is 3. The molecule has 4 fully saturated rings. The summed E-state index contributed by atoms with van der Waals surface area (Å²) in [6, 6.07) is 2.45. The Labute approximate surface area is 135 Å². The number of anilines is 1. The van der Waals surface area contributed by atoms with Crippen LogP contribution in [0, 0.1) is 23.7 Å². The normalized spacial score (nSPS) is 34.9. The number of pyridine rings is 1. The molecule has 4 bridgehead atoms. The van der Waals surface area contributed by atoms with E-state index in [4.69, 9.17) is 5.73 Å². The number of aromatic amines is 1. The maximum atomic E-state index is 11.9. The Hall–Kier alpha value is -2.04. The van der Waals surface area contributed by atoms with Gasteiger partial charge in [0, 0.05) is 23.8 Å². The third kappa shape index (κ3) is 1.98. The van der Waals surface area contributed by atoms with Crippen LogP contribution in [0.1, 0.15) is 42.5 Å². The van der Waals surface area contributed by atoms with E-state index in [-0.39, 0.29) is 0 Å². The number of nitrogens with two attached hydrogens (primary N) is 1. The third-order valence-electron chi connectivity index (χ3n) is 6.39. The Balaban J connectivity index is 1.55. The molecule has 6 rings (SSSR count). The van der Waals surface area contributed by atoms with Crippen LogP contribution < -0.4 is 11.1 Å². The number of H-pyrrole nitrogens is 1. The van der Waals surface area contributed by atoms with Crippen LogP contribution in [0.25, 0.3) is 11.0 Å². The molecule has 0 aliphatic heterocycles. The van der Waals surface area contributed by atoms with Crippen molar-refractivity contribution >= 4 is 22.6 Å². The largest absolute Gasteiger partial charge is 0.380 e. The van der Waals surface area contributed by atoms with Crippen molar-refractivity contribution in [1.29, 1.82) is 0 Å². The number of rotatable bonds is 3. The number of carbonyl (C=O) groups excluding carboxylic acids is 1. The minimum Gasteiger partial charge on any atom is -0.380 e. The second-order valence-corrected chi connectivity index (χ2v) is 7.75. The van der Waals surface area contributed by atoms with Crippen molar-refractivity contribution in [3.63, 3.8) is 0 Å². The first-order valence-corrected chi connectivity index (χ1v) is 8.71. The number of nitrogens with one attached hydrogen (secondary N) is 2. The van der Waals surface area contributed by atoms with Crippen molar-refractivity contribution in [3.05, 3.63) is 24.0 Å². The highest BCUT2D eigenvalue weighted by atomic mass is 16.1. The molecule has 120 valence electrons. The summed E-state index contributed by atoms with van der Waals surface area (Å²) in [6.45, 7) is 0. The molecule has 0 atom stereocenters. The Bertz CT molecular complexity index is 752. The van der Waals surface area contributed by atoms with Gasteiger partial charge >= 0.3 is 0 Å². The van der Waals surface area contributed by atoms with Crippen LogP contribution >= 0.6 is 0 Å². The van der Waals surface area contributed by atoms with E-state index in [1.165, 1.54) is 32.1 Å². The van der Waals surface area contributed by atoms with Gasteiger partial charge in [0.1, 0.15) is 5.65 Å². The summed E-state index contributed by atoms with van der Waals surface area (Å²) in [7, 11) is 0. The van der Waals surface area contributed by atoms with Gasteiger partial charge in [-0.15, -0.1) is 0 Å². The molecule has 23 heavy (non-hydrogen) atoms. The lowest BCUT2D eigenvalue weighted by molar-refractivity contribution is 0.00755. The van der Waals surface area contributed by atoms with Crippen molar-refractivity contribution < 1.29 is 4.79 Å². The Morgan fingerprint density at radius 1 is 1.17 bits per heavy atom. The van der Waals surface area contributed by atoms with Crippen molar-refractivity contribution in [2.75, 3.05) is 5.32 Å². The maximum Gasteiger partial charge on any atom is 0.252 e. The van der Waals surface area contributed by atoms with E-state index in [1.807, 2.05) is 12.3 Å². The first-order chi connectivity index (χ1) is 11.2. The van der Waals surface area contributed by atoms with Gasteiger partial charge in [0.25, 0.3) is 5.91 Å². The molecule has 5 nitrogen and oxygen atoms in total. The summed E-state index contributed by atoms with van der Waals surface area (Å²) in [5.41, 5.74) is 7.78. The van der Waals surface area contributed by atoms with E-state index >= 15 is 0 Å². The number of amides is 1. The minimum absolute atomic E-state index is 0.410. The van der Waals surface area contributed by atoms with Crippen LogP contribution in [-0.4, -0.2) is 21.9 Å². The fourth-order valence-corrected chi connectivity index (χ4v) is 5.68. The second-order valence-electron chi connectivity index (χ2n) is 7.75. The summed E-state index contributed by atoms with van der Waals surface area (Å²) in [6.07, 6.45) is 10.3. The number of hydrogen-bond donors (Lipinski definition) is 3. The molecule has 1 amide bonds. The van der Waals surface area contributed by atoms with Crippen molar-refractivity contribution in [3.8, 4) is 0 Å². The highest BCUT2D eigenvalue weighted by Gasteiger charge is 2.48. The molecule has 2 heterocycles. The van der Waals surface area contributed by atoms with Gasteiger partial charge in [0.05, 0.1) is 11.3 Å². The van der Waals surface area contributed by atoms with Gasteiger partial charge in [-0.3, -0.25) is 4.79 Å². The van der Waals surface area contributed by atoms with Crippen molar-refractivity contribution in [2.45, 2.75) is 38.1 Å². The summed E-state index contributed by atoms with van der Waals surface area (Å²) in [5.74, 6) is 2.96. The number of fused-ring (bicyclic) bond motifs is 1. The van der Waals surface area contributed by atoms with E-state index in [1.54, 1.807) is 6.20 Å². The van der Waals surface area contributed by atoms with Crippen LogP contribution in [0.5, 0.6) is 0 Å². The minimum atomic E-state index is -0.410. The van der Waals surface area contributed by atoms with Crippen LogP contribution in [-0.2, 0) is 0 Å². The molecule has 0 radical (unpaired) electrons. The topological polar surface area (TPSA) is 83.8 Å². The van der Waals surface area contributed by atoms with Crippen LogP contribution in [0.15, 0.2) is 18.5 Å². The number of aromatic nitrogens is 2. The van der Waals surface area contributed by atoms with Gasteiger partial charge in [-0.2, -0.15) is 0 Å². The van der Waals surface area contributed by atoms with E-state index in [0.29, 0.717) is 11.6 Å². The Kier molecular flexibility index (Phi) is 2.75.